The summed E-state index contributed by atoms with van der Waals surface area (Å²) in [5, 5.41) is 13.2. The first kappa shape index (κ1) is 12.5. The van der Waals surface area contributed by atoms with Gasteiger partial charge in [-0.15, -0.1) is 0 Å². The molecule has 4 N–H and O–H groups in total. The Bertz CT molecular complexity index is 535. The van der Waals surface area contributed by atoms with Gasteiger partial charge in [-0.3, -0.25) is 4.79 Å². The maximum absolute atomic E-state index is 11.7. The molecule has 0 saturated carbocycles. The van der Waals surface area contributed by atoms with Crippen molar-refractivity contribution in [1.29, 1.82) is 0 Å². The zero-order valence-corrected chi connectivity index (χ0v) is 10.0. The quantitative estimate of drug-likeness (QED) is 0.704. The first-order chi connectivity index (χ1) is 8.72. The van der Waals surface area contributed by atoms with Crippen molar-refractivity contribution in [2.24, 2.45) is 5.73 Å². The Morgan fingerprint density at radius 1 is 1.50 bits per heavy atom. The predicted octanol–water partition coefficient (Wildman–Crippen LogP) is 0.260. The number of nitrogens with zero attached hydrogens (tertiary/aromatic N) is 2. The first-order valence-electron chi connectivity index (χ1n) is 5.56. The normalized spacial score (nSPS) is 12.6. The van der Waals surface area contributed by atoms with Crippen molar-refractivity contribution < 1.29 is 9.53 Å². The molecule has 18 heavy (non-hydrogen) atoms. The number of benzene rings is 1. The molecule has 0 aliphatic heterocycles. The van der Waals surface area contributed by atoms with Gasteiger partial charge in [-0.1, -0.05) is 0 Å². The molecule has 0 aliphatic carbocycles. The van der Waals surface area contributed by atoms with E-state index >= 15 is 0 Å². The van der Waals surface area contributed by atoms with Crippen LogP contribution >= 0.6 is 0 Å². The van der Waals surface area contributed by atoms with Crippen LogP contribution in [0.1, 0.15) is 6.42 Å². The van der Waals surface area contributed by atoms with Gasteiger partial charge in [0, 0.05) is 19.3 Å². The summed E-state index contributed by atoms with van der Waals surface area (Å²) in [4.78, 5) is 11.7. The lowest BCUT2D eigenvalue weighted by Crippen LogP contribution is -2.28. The molecular weight excluding hydrogens is 234 g/mol. The number of methoxy groups -OCH3 is 1. The van der Waals surface area contributed by atoms with Gasteiger partial charge in [0.2, 0.25) is 5.91 Å². The molecule has 0 radical (unpaired) electrons. The number of hydrogen-bond acceptors (Lipinski definition) is 5. The number of ether oxygens (including phenoxy) is 1. The van der Waals surface area contributed by atoms with Gasteiger partial charge in [0.1, 0.15) is 11.0 Å². The maximum Gasteiger partial charge on any atom is 0.227 e. The number of rotatable bonds is 5. The van der Waals surface area contributed by atoms with E-state index in [1.807, 2.05) is 0 Å². The summed E-state index contributed by atoms with van der Waals surface area (Å²) < 4.78 is 5.05. The minimum atomic E-state index is -0.263. The summed E-state index contributed by atoms with van der Waals surface area (Å²) in [6.07, 6.45) is -0.0371. The fourth-order valence-corrected chi connectivity index (χ4v) is 1.60. The van der Waals surface area contributed by atoms with Crippen LogP contribution in [0, 0.1) is 0 Å². The van der Waals surface area contributed by atoms with Crippen molar-refractivity contribution in [2.75, 3.05) is 19.0 Å². The Hall–Kier alpha value is -1.99. The molecule has 0 saturated heterocycles. The molecule has 1 unspecified atom stereocenters. The topological polar surface area (TPSA) is 106 Å². The number of H-pyrrole nitrogens is 1. The van der Waals surface area contributed by atoms with Crippen LogP contribution in [0.3, 0.4) is 0 Å². The molecule has 1 heterocycles. The van der Waals surface area contributed by atoms with Crippen molar-refractivity contribution in [3.8, 4) is 0 Å². The van der Waals surface area contributed by atoms with E-state index in [2.05, 4.69) is 20.7 Å². The van der Waals surface area contributed by atoms with Crippen LogP contribution in [0.25, 0.3) is 11.0 Å². The van der Waals surface area contributed by atoms with Gasteiger partial charge < -0.3 is 15.8 Å². The Kier molecular flexibility index (Phi) is 3.85. The number of aromatic nitrogens is 3. The number of hydrogen-bond donors (Lipinski definition) is 3. The summed E-state index contributed by atoms with van der Waals surface area (Å²) in [6, 6.07) is 5.30. The van der Waals surface area contributed by atoms with Crippen LogP contribution < -0.4 is 11.1 Å². The second kappa shape index (κ2) is 5.56. The monoisotopic (exact) mass is 249 g/mol. The molecule has 1 atom stereocenters. The van der Waals surface area contributed by atoms with Crippen molar-refractivity contribution in [3.63, 3.8) is 0 Å². The highest BCUT2D eigenvalue weighted by molar-refractivity contribution is 5.93. The lowest BCUT2D eigenvalue weighted by atomic mass is 10.2. The molecule has 2 aromatic rings. The Labute approximate surface area is 104 Å². The van der Waals surface area contributed by atoms with E-state index in [0.29, 0.717) is 17.7 Å². The van der Waals surface area contributed by atoms with Gasteiger partial charge in [-0.2, -0.15) is 15.4 Å². The summed E-state index contributed by atoms with van der Waals surface area (Å²) in [5.41, 5.74) is 7.59. The third kappa shape index (κ3) is 2.82. The summed E-state index contributed by atoms with van der Waals surface area (Å²) >= 11 is 0. The van der Waals surface area contributed by atoms with Gasteiger partial charge in [0.15, 0.2) is 0 Å². The summed E-state index contributed by atoms with van der Waals surface area (Å²) in [6.45, 7) is 0.312. The fraction of sp³-hybridized carbons (Fsp3) is 0.364. The second-order valence-corrected chi connectivity index (χ2v) is 3.87. The molecule has 0 fully saturated rings. The number of amides is 1. The highest BCUT2D eigenvalue weighted by atomic mass is 16.5. The SMILES string of the molecule is COC(CN)CC(=O)Nc1ccc2n[nH]nc2c1. The fourth-order valence-electron chi connectivity index (χ4n) is 1.60. The highest BCUT2D eigenvalue weighted by Gasteiger charge is 2.11. The lowest BCUT2D eigenvalue weighted by Gasteiger charge is -2.12. The number of nitrogens with two attached hydrogens (primary N) is 1. The number of nitrogens with one attached hydrogen (secondary N) is 2. The van der Waals surface area contributed by atoms with Crippen LogP contribution in [-0.2, 0) is 9.53 Å². The Balaban J connectivity index is 2.01. The molecule has 0 spiro atoms. The summed E-state index contributed by atoms with van der Waals surface area (Å²) in [5.74, 6) is -0.143. The van der Waals surface area contributed by atoms with Crippen LogP contribution in [0.4, 0.5) is 5.69 Å². The van der Waals surface area contributed by atoms with Crippen molar-refractivity contribution in [1.82, 2.24) is 15.4 Å². The molecule has 2 rings (SSSR count). The first-order valence-corrected chi connectivity index (χ1v) is 5.56. The molecule has 1 aromatic carbocycles. The molecule has 7 nitrogen and oxygen atoms in total. The molecule has 96 valence electrons. The third-order valence-corrected chi connectivity index (χ3v) is 2.61. The minimum absolute atomic E-state index is 0.143. The van der Waals surface area contributed by atoms with E-state index in [-0.39, 0.29) is 18.4 Å². The van der Waals surface area contributed by atoms with E-state index in [0.717, 1.165) is 5.52 Å². The zero-order valence-electron chi connectivity index (χ0n) is 10.0. The van der Waals surface area contributed by atoms with E-state index in [9.17, 15) is 4.79 Å². The van der Waals surface area contributed by atoms with E-state index < -0.39 is 0 Å². The highest BCUT2D eigenvalue weighted by Crippen LogP contribution is 2.15. The van der Waals surface area contributed by atoms with Gasteiger partial charge in [0.05, 0.1) is 12.5 Å². The third-order valence-electron chi connectivity index (χ3n) is 2.61. The molecular formula is C11H15N5O2. The van der Waals surface area contributed by atoms with Crippen LogP contribution in [-0.4, -0.2) is 41.1 Å². The molecule has 7 heteroatoms. The summed E-state index contributed by atoms with van der Waals surface area (Å²) in [7, 11) is 1.53. The van der Waals surface area contributed by atoms with Gasteiger partial charge in [-0.25, -0.2) is 0 Å². The van der Waals surface area contributed by atoms with E-state index in [1.54, 1.807) is 18.2 Å². The maximum atomic E-state index is 11.7. The molecule has 1 amide bonds. The van der Waals surface area contributed by atoms with Crippen molar-refractivity contribution >= 4 is 22.6 Å². The smallest absolute Gasteiger partial charge is 0.227 e. The van der Waals surface area contributed by atoms with Gasteiger partial charge in [-0.05, 0) is 18.2 Å². The number of aromatic amines is 1. The number of carbonyl (C=O) groups is 1. The van der Waals surface area contributed by atoms with E-state index in [1.165, 1.54) is 7.11 Å². The molecule has 0 bridgehead atoms. The van der Waals surface area contributed by atoms with Gasteiger partial charge >= 0.3 is 0 Å². The van der Waals surface area contributed by atoms with Crippen LogP contribution in [0.15, 0.2) is 18.2 Å². The second-order valence-electron chi connectivity index (χ2n) is 3.87. The standard InChI is InChI=1S/C11H15N5O2/c1-18-8(6-12)5-11(17)13-7-2-3-9-10(4-7)15-16-14-9/h2-4,8H,5-6,12H2,1H3,(H,13,17)(H,14,15,16). The largest absolute Gasteiger partial charge is 0.380 e. The lowest BCUT2D eigenvalue weighted by molar-refractivity contribution is -0.118. The minimum Gasteiger partial charge on any atom is -0.380 e. The van der Waals surface area contributed by atoms with Crippen LogP contribution in [0.5, 0.6) is 0 Å². The Morgan fingerprint density at radius 3 is 3.00 bits per heavy atom. The van der Waals surface area contributed by atoms with E-state index in [4.69, 9.17) is 10.5 Å². The molecule has 1 aromatic heterocycles. The average Bonchev–Trinajstić information content (AvgIpc) is 2.83. The van der Waals surface area contributed by atoms with Crippen molar-refractivity contribution in [2.45, 2.75) is 12.5 Å². The number of anilines is 1. The number of fused-ring (bicyclic) bond motifs is 1. The zero-order chi connectivity index (χ0) is 13.0. The van der Waals surface area contributed by atoms with Gasteiger partial charge in [0.25, 0.3) is 0 Å². The van der Waals surface area contributed by atoms with Crippen LogP contribution in [0.2, 0.25) is 0 Å². The predicted molar refractivity (Wildman–Crippen MR) is 67.0 cm³/mol. The average molecular weight is 249 g/mol. The Morgan fingerprint density at radius 2 is 2.28 bits per heavy atom. The van der Waals surface area contributed by atoms with Crippen molar-refractivity contribution in [3.05, 3.63) is 18.2 Å². The molecule has 0 aliphatic rings. The number of carbonyl (C=O) groups excluding carboxylic acids is 1.